The topological polar surface area (TPSA) is 39.9 Å². The van der Waals surface area contributed by atoms with Crippen molar-refractivity contribution in [1.29, 1.82) is 0 Å². The molecule has 1 aromatic heterocycles. The highest BCUT2D eigenvalue weighted by Crippen LogP contribution is 2.12. The van der Waals surface area contributed by atoms with Crippen LogP contribution in [0.3, 0.4) is 0 Å². The number of hydrogen-bond donors (Lipinski definition) is 0. The van der Waals surface area contributed by atoms with Crippen LogP contribution < -0.4 is 0 Å². The number of alkyl halides is 1. The fourth-order valence-electron chi connectivity index (χ4n) is 2.23. The summed E-state index contributed by atoms with van der Waals surface area (Å²) in [5.41, 5.74) is 2.66. The van der Waals surface area contributed by atoms with Crippen molar-refractivity contribution < 1.29 is 4.74 Å². The molecule has 20 heavy (non-hydrogen) atoms. The average molecular weight is 294 g/mol. The van der Waals surface area contributed by atoms with Gasteiger partial charge >= 0.3 is 0 Å². The van der Waals surface area contributed by atoms with Gasteiger partial charge in [-0.15, -0.1) is 21.8 Å². The van der Waals surface area contributed by atoms with Gasteiger partial charge in [0.1, 0.15) is 11.6 Å². The highest BCUT2D eigenvalue weighted by molar-refractivity contribution is 6.16. The molecule has 0 aliphatic heterocycles. The van der Waals surface area contributed by atoms with E-state index in [1.165, 1.54) is 11.1 Å². The Kier molecular flexibility index (Phi) is 5.56. The van der Waals surface area contributed by atoms with Crippen molar-refractivity contribution in [1.82, 2.24) is 14.8 Å². The number of aryl methyl sites for hydroxylation is 3. The van der Waals surface area contributed by atoms with Crippen molar-refractivity contribution >= 4 is 11.6 Å². The number of ether oxygens (including phenoxy) is 1. The Labute approximate surface area is 124 Å². The summed E-state index contributed by atoms with van der Waals surface area (Å²) >= 11 is 5.90. The van der Waals surface area contributed by atoms with E-state index in [0.717, 1.165) is 31.0 Å². The van der Waals surface area contributed by atoms with Crippen LogP contribution in [-0.2, 0) is 30.0 Å². The molecule has 0 radical (unpaired) electrons. The van der Waals surface area contributed by atoms with Gasteiger partial charge in [-0.05, 0) is 24.5 Å². The maximum atomic E-state index is 5.90. The molecule has 0 saturated heterocycles. The first kappa shape index (κ1) is 15.0. The molecule has 0 saturated carbocycles. The first-order chi connectivity index (χ1) is 9.76. The molecule has 0 N–H and O–H groups in total. The van der Waals surface area contributed by atoms with Crippen LogP contribution in [0.1, 0.15) is 22.8 Å². The summed E-state index contributed by atoms with van der Waals surface area (Å²) in [6.45, 7) is 3.52. The molecule has 2 rings (SSSR count). The quantitative estimate of drug-likeness (QED) is 0.737. The third-order valence-corrected chi connectivity index (χ3v) is 3.66. The molecular weight excluding hydrogens is 274 g/mol. The van der Waals surface area contributed by atoms with Crippen molar-refractivity contribution in [3.8, 4) is 0 Å². The number of halogens is 1. The van der Waals surface area contributed by atoms with Gasteiger partial charge in [0.2, 0.25) is 0 Å². The first-order valence-corrected chi connectivity index (χ1v) is 7.30. The average Bonchev–Trinajstić information content (AvgIpc) is 2.86. The van der Waals surface area contributed by atoms with Crippen LogP contribution in [0.2, 0.25) is 0 Å². The molecule has 1 aromatic carbocycles. The smallest absolute Gasteiger partial charge is 0.148 e. The zero-order valence-electron chi connectivity index (χ0n) is 12.0. The third-order valence-electron chi connectivity index (χ3n) is 3.42. The maximum absolute atomic E-state index is 5.90. The molecule has 0 unspecified atom stereocenters. The summed E-state index contributed by atoms with van der Waals surface area (Å²) < 4.78 is 7.20. The van der Waals surface area contributed by atoms with Crippen molar-refractivity contribution in [2.24, 2.45) is 0 Å². The minimum absolute atomic E-state index is 0.376. The predicted molar refractivity (Wildman–Crippen MR) is 80.0 cm³/mol. The van der Waals surface area contributed by atoms with E-state index in [1.807, 2.05) is 0 Å². The van der Waals surface area contributed by atoms with Crippen LogP contribution >= 0.6 is 11.6 Å². The fraction of sp³-hybridized carbons (Fsp3) is 0.467. The lowest BCUT2D eigenvalue weighted by atomic mass is 10.0. The predicted octanol–water partition coefficient (Wildman–Crippen LogP) is 2.76. The molecular formula is C15H20ClN3O. The lowest BCUT2D eigenvalue weighted by Gasteiger charge is -2.09. The zero-order chi connectivity index (χ0) is 14.4. The van der Waals surface area contributed by atoms with E-state index in [2.05, 4.69) is 46.0 Å². The number of methoxy groups -OCH3 is 1. The van der Waals surface area contributed by atoms with E-state index >= 15 is 0 Å². The van der Waals surface area contributed by atoms with Gasteiger partial charge in [-0.1, -0.05) is 24.3 Å². The van der Waals surface area contributed by atoms with Gasteiger partial charge in [0, 0.05) is 20.1 Å². The van der Waals surface area contributed by atoms with E-state index in [-0.39, 0.29) is 0 Å². The van der Waals surface area contributed by atoms with E-state index in [0.29, 0.717) is 12.5 Å². The van der Waals surface area contributed by atoms with Crippen LogP contribution in [-0.4, -0.2) is 28.5 Å². The number of rotatable bonds is 7. The molecule has 0 aliphatic carbocycles. The van der Waals surface area contributed by atoms with E-state index < -0.39 is 0 Å². The Morgan fingerprint density at radius 3 is 2.60 bits per heavy atom. The molecule has 0 fully saturated rings. The van der Waals surface area contributed by atoms with E-state index in [9.17, 15) is 0 Å². The number of hydrogen-bond acceptors (Lipinski definition) is 3. The minimum atomic E-state index is 0.376. The molecule has 4 nitrogen and oxygen atoms in total. The van der Waals surface area contributed by atoms with Crippen LogP contribution in [0.25, 0.3) is 0 Å². The SMILES string of the molecule is COCCn1c(CCl)nnc1CCc1ccccc1C. The minimum Gasteiger partial charge on any atom is -0.383 e. The third kappa shape index (κ3) is 3.58. The lowest BCUT2D eigenvalue weighted by Crippen LogP contribution is -2.12. The second-order valence-electron chi connectivity index (χ2n) is 4.74. The maximum Gasteiger partial charge on any atom is 0.148 e. The summed E-state index contributed by atoms with van der Waals surface area (Å²) in [6.07, 6.45) is 1.82. The van der Waals surface area contributed by atoms with Crippen LogP contribution in [0.5, 0.6) is 0 Å². The van der Waals surface area contributed by atoms with Gasteiger partial charge in [-0.2, -0.15) is 0 Å². The lowest BCUT2D eigenvalue weighted by molar-refractivity contribution is 0.185. The van der Waals surface area contributed by atoms with Gasteiger partial charge in [0.25, 0.3) is 0 Å². The van der Waals surface area contributed by atoms with Crippen molar-refractivity contribution in [2.45, 2.75) is 32.2 Å². The highest BCUT2D eigenvalue weighted by Gasteiger charge is 2.11. The summed E-state index contributed by atoms with van der Waals surface area (Å²) in [6, 6.07) is 8.43. The Balaban J connectivity index is 2.09. The first-order valence-electron chi connectivity index (χ1n) is 6.76. The van der Waals surface area contributed by atoms with Crippen LogP contribution in [0.4, 0.5) is 0 Å². The number of aromatic nitrogens is 3. The second kappa shape index (κ2) is 7.41. The summed E-state index contributed by atoms with van der Waals surface area (Å²) in [7, 11) is 1.69. The summed E-state index contributed by atoms with van der Waals surface area (Å²) in [5, 5.41) is 8.41. The van der Waals surface area contributed by atoms with Crippen LogP contribution in [0, 0.1) is 6.92 Å². The second-order valence-corrected chi connectivity index (χ2v) is 5.00. The van der Waals surface area contributed by atoms with E-state index in [4.69, 9.17) is 16.3 Å². The molecule has 108 valence electrons. The monoisotopic (exact) mass is 293 g/mol. The molecule has 0 bridgehead atoms. The van der Waals surface area contributed by atoms with Gasteiger partial charge in [0.15, 0.2) is 0 Å². The molecule has 0 atom stereocenters. The molecule has 0 aliphatic rings. The number of benzene rings is 1. The van der Waals surface area contributed by atoms with Gasteiger partial charge in [0.05, 0.1) is 12.5 Å². The van der Waals surface area contributed by atoms with Gasteiger partial charge < -0.3 is 9.30 Å². The Bertz CT molecular complexity index is 554. The van der Waals surface area contributed by atoms with Crippen molar-refractivity contribution in [3.05, 3.63) is 47.0 Å². The molecule has 0 amide bonds. The Morgan fingerprint density at radius 2 is 1.90 bits per heavy atom. The van der Waals surface area contributed by atoms with Gasteiger partial charge in [-0.3, -0.25) is 0 Å². The number of nitrogens with zero attached hydrogens (tertiary/aromatic N) is 3. The largest absolute Gasteiger partial charge is 0.383 e. The Morgan fingerprint density at radius 1 is 1.15 bits per heavy atom. The van der Waals surface area contributed by atoms with Crippen LogP contribution in [0.15, 0.2) is 24.3 Å². The molecule has 2 aromatic rings. The Hall–Kier alpha value is -1.39. The highest BCUT2D eigenvalue weighted by atomic mass is 35.5. The fourth-order valence-corrected chi connectivity index (χ4v) is 2.43. The molecule has 5 heteroatoms. The van der Waals surface area contributed by atoms with Gasteiger partial charge in [-0.25, -0.2) is 0 Å². The molecule has 1 heterocycles. The standard InChI is InChI=1S/C15H20ClN3O/c1-12-5-3-4-6-13(12)7-8-14-17-18-15(11-16)19(14)9-10-20-2/h3-6H,7-11H2,1-2H3. The van der Waals surface area contributed by atoms with Crippen molar-refractivity contribution in [3.63, 3.8) is 0 Å². The summed E-state index contributed by atoms with van der Waals surface area (Å²) in [5.74, 6) is 2.16. The van der Waals surface area contributed by atoms with E-state index in [1.54, 1.807) is 7.11 Å². The normalized spacial score (nSPS) is 10.9. The van der Waals surface area contributed by atoms with Crippen molar-refractivity contribution in [2.75, 3.05) is 13.7 Å². The zero-order valence-corrected chi connectivity index (χ0v) is 12.7. The molecule has 0 spiro atoms. The summed E-state index contributed by atoms with van der Waals surface area (Å²) in [4.78, 5) is 0.